The molecule has 0 radical (unpaired) electrons. The summed E-state index contributed by atoms with van der Waals surface area (Å²) in [6, 6.07) is 7.35. The highest BCUT2D eigenvalue weighted by Gasteiger charge is 2.12. The molecule has 3 aromatic rings. The molecule has 0 amide bonds. The van der Waals surface area contributed by atoms with E-state index in [0.717, 1.165) is 5.56 Å². The summed E-state index contributed by atoms with van der Waals surface area (Å²) in [5.41, 5.74) is 0.991. The second kappa shape index (κ2) is 4.84. The number of benzene rings is 1. The third-order valence-electron chi connectivity index (χ3n) is 3.02. The number of nitrogens with zero attached hydrogens (tertiary/aromatic N) is 4. The number of aryl methyl sites for hydroxylation is 1. The van der Waals surface area contributed by atoms with Crippen LogP contribution >= 0.6 is 23.8 Å². The van der Waals surface area contributed by atoms with Crippen molar-refractivity contribution in [3.05, 3.63) is 55.7 Å². The summed E-state index contributed by atoms with van der Waals surface area (Å²) < 4.78 is 3.19. The van der Waals surface area contributed by atoms with E-state index in [0.29, 0.717) is 27.7 Å². The molecule has 0 aliphatic carbocycles. The highest BCUT2D eigenvalue weighted by Crippen LogP contribution is 2.16. The minimum absolute atomic E-state index is 0.216. The second-order valence-electron chi connectivity index (χ2n) is 4.32. The zero-order chi connectivity index (χ0) is 14.3. The van der Waals surface area contributed by atoms with Crippen molar-refractivity contribution in [3.8, 4) is 0 Å². The van der Waals surface area contributed by atoms with Crippen molar-refractivity contribution in [2.75, 3.05) is 0 Å². The van der Waals surface area contributed by atoms with Gasteiger partial charge >= 0.3 is 0 Å². The SMILES string of the molecule is Cn1c(=O)c(Cc2ccccc2Cl)nn2c(=S)[nH]nc12. The van der Waals surface area contributed by atoms with Crippen LogP contribution < -0.4 is 5.56 Å². The van der Waals surface area contributed by atoms with Gasteiger partial charge in [-0.25, -0.2) is 5.10 Å². The first-order valence-corrected chi connectivity index (χ1v) is 6.63. The summed E-state index contributed by atoms with van der Waals surface area (Å²) in [4.78, 5) is 12.3. The minimum atomic E-state index is -0.216. The summed E-state index contributed by atoms with van der Waals surface area (Å²) in [6.45, 7) is 0. The van der Waals surface area contributed by atoms with Gasteiger partial charge in [0.2, 0.25) is 4.77 Å². The molecule has 0 aliphatic rings. The number of nitrogens with one attached hydrogen (secondary N) is 1. The molecule has 0 saturated heterocycles. The Kier molecular flexibility index (Phi) is 3.15. The maximum atomic E-state index is 12.3. The van der Waals surface area contributed by atoms with E-state index in [4.69, 9.17) is 23.8 Å². The van der Waals surface area contributed by atoms with E-state index in [1.807, 2.05) is 18.2 Å². The molecule has 1 aromatic carbocycles. The van der Waals surface area contributed by atoms with Crippen molar-refractivity contribution >= 4 is 29.6 Å². The Labute approximate surface area is 123 Å². The molecule has 0 aliphatic heterocycles. The molecule has 0 saturated carbocycles. The van der Waals surface area contributed by atoms with Gasteiger partial charge in [-0.3, -0.25) is 9.36 Å². The first-order valence-electron chi connectivity index (χ1n) is 5.84. The predicted octanol–water partition coefficient (Wildman–Crippen LogP) is 1.73. The van der Waals surface area contributed by atoms with E-state index >= 15 is 0 Å². The predicted molar refractivity (Wildman–Crippen MR) is 77.7 cm³/mol. The van der Waals surface area contributed by atoms with Gasteiger partial charge in [0.05, 0.1) is 0 Å². The molecule has 0 atom stereocenters. The van der Waals surface area contributed by atoms with Crippen molar-refractivity contribution in [3.63, 3.8) is 0 Å². The number of hydrogen-bond acceptors (Lipinski definition) is 4. The lowest BCUT2D eigenvalue weighted by atomic mass is 10.1. The number of hydrogen-bond donors (Lipinski definition) is 1. The zero-order valence-corrected chi connectivity index (χ0v) is 12.1. The number of H-pyrrole nitrogens is 1. The van der Waals surface area contributed by atoms with Crippen LogP contribution in [0, 0.1) is 4.77 Å². The molecular formula is C12H10ClN5OS. The molecule has 0 unspecified atom stereocenters. The van der Waals surface area contributed by atoms with Crippen molar-refractivity contribution < 1.29 is 0 Å². The number of rotatable bonds is 2. The molecule has 2 aromatic heterocycles. The van der Waals surface area contributed by atoms with E-state index in [1.165, 1.54) is 9.08 Å². The highest BCUT2D eigenvalue weighted by atomic mass is 35.5. The van der Waals surface area contributed by atoms with Gasteiger partial charge < -0.3 is 0 Å². The monoisotopic (exact) mass is 307 g/mol. The normalized spacial score (nSPS) is 11.1. The molecule has 0 spiro atoms. The topological polar surface area (TPSA) is 68.0 Å². The van der Waals surface area contributed by atoms with E-state index < -0.39 is 0 Å². The van der Waals surface area contributed by atoms with E-state index in [1.54, 1.807) is 13.1 Å². The van der Waals surface area contributed by atoms with Gasteiger partial charge in [0.1, 0.15) is 5.69 Å². The lowest BCUT2D eigenvalue weighted by Gasteiger charge is -2.06. The van der Waals surface area contributed by atoms with Gasteiger partial charge in [-0.1, -0.05) is 29.8 Å². The van der Waals surface area contributed by atoms with Gasteiger partial charge in [0.25, 0.3) is 11.3 Å². The first-order chi connectivity index (χ1) is 9.58. The van der Waals surface area contributed by atoms with Crippen molar-refractivity contribution in [2.45, 2.75) is 6.42 Å². The smallest absolute Gasteiger partial charge is 0.276 e. The van der Waals surface area contributed by atoms with Crippen LogP contribution in [-0.4, -0.2) is 24.4 Å². The molecule has 0 bridgehead atoms. The number of halogens is 1. The zero-order valence-electron chi connectivity index (χ0n) is 10.5. The van der Waals surface area contributed by atoms with Gasteiger partial charge in [0.15, 0.2) is 0 Å². The first kappa shape index (κ1) is 13.0. The van der Waals surface area contributed by atoms with Crippen LogP contribution in [0.3, 0.4) is 0 Å². The lowest BCUT2D eigenvalue weighted by Crippen LogP contribution is -2.26. The fourth-order valence-corrected chi connectivity index (χ4v) is 2.34. The Hall–Kier alpha value is -1.99. The fourth-order valence-electron chi connectivity index (χ4n) is 1.97. The molecule has 20 heavy (non-hydrogen) atoms. The molecule has 6 nitrogen and oxygen atoms in total. The second-order valence-corrected chi connectivity index (χ2v) is 5.11. The Balaban J connectivity index is 2.19. The number of aromatic nitrogens is 5. The quantitative estimate of drug-likeness (QED) is 0.732. The van der Waals surface area contributed by atoms with E-state index in [2.05, 4.69) is 15.3 Å². The van der Waals surface area contributed by atoms with Gasteiger partial charge in [-0.05, 0) is 23.8 Å². The third kappa shape index (κ3) is 2.04. The molecule has 3 rings (SSSR count). The van der Waals surface area contributed by atoms with Crippen LogP contribution in [0.15, 0.2) is 29.1 Å². The van der Waals surface area contributed by atoms with Gasteiger partial charge in [0, 0.05) is 18.5 Å². The highest BCUT2D eigenvalue weighted by molar-refractivity contribution is 7.71. The third-order valence-corrected chi connectivity index (χ3v) is 3.65. The average Bonchev–Trinajstić information content (AvgIpc) is 2.80. The standard InChI is InChI=1S/C12H10ClN5OS/c1-17-10(19)9(6-7-4-2-3-5-8(7)13)16-18-11(17)14-15-12(18)20/h2-5H,6H2,1H3,(H,15,20). The Morgan fingerprint density at radius 2 is 2.15 bits per heavy atom. The van der Waals surface area contributed by atoms with Crippen LogP contribution in [0.2, 0.25) is 5.02 Å². The molecule has 1 N–H and O–H groups in total. The Morgan fingerprint density at radius 3 is 2.90 bits per heavy atom. The largest absolute Gasteiger partial charge is 0.277 e. The van der Waals surface area contributed by atoms with Crippen LogP contribution in [0.1, 0.15) is 11.3 Å². The van der Waals surface area contributed by atoms with Gasteiger partial charge in [-0.15, -0.1) is 5.10 Å². The van der Waals surface area contributed by atoms with Crippen molar-refractivity contribution in [1.82, 2.24) is 24.4 Å². The summed E-state index contributed by atoms with van der Waals surface area (Å²) >= 11 is 11.2. The van der Waals surface area contributed by atoms with Crippen molar-refractivity contribution in [2.24, 2.45) is 7.05 Å². The Bertz CT molecular complexity index is 910. The summed E-state index contributed by atoms with van der Waals surface area (Å²) in [6.07, 6.45) is 0.343. The minimum Gasteiger partial charge on any atom is -0.277 e. The van der Waals surface area contributed by atoms with Crippen molar-refractivity contribution in [1.29, 1.82) is 0 Å². The summed E-state index contributed by atoms with van der Waals surface area (Å²) in [5, 5.41) is 11.4. The van der Waals surface area contributed by atoms with E-state index in [-0.39, 0.29) is 5.56 Å². The average molecular weight is 308 g/mol. The summed E-state index contributed by atoms with van der Waals surface area (Å²) in [5.74, 6) is 0.378. The van der Waals surface area contributed by atoms with Crippen LogP contribution in [0.25, 0.3) is 5.78 Å². The molecule has 8 heteroatoms. The molecule has 0 fully saturated rings. The van der Waals surface area contributed by atoms with Crippen LogP contribution in [0.4, 0.5) is 0 Å². The summed E-state index contributed by atoms with van der Waals surface area (Å²) in [7, 11) is 1.63. The lowest BCUT2D eigenvalue weighted by molar-refractivity contribution is 0.735. The fraction of sp³-hybridized carbons (Fsp3) is 0.167. The maximum Gasteiger partial charge on any atom is 0.276 e. The van der Waals surface area contributed by atoms with Crippen LogP contribution in [-0.2, 0) is 13.5 Å². The number of fused-ring (bicyclic) bond motifs is 1. The van der Waals surface area contributed by atoms with Gasteiger partial charge in [-0.2, -0.15) is 9.61 Å². The molecular weight excluding hydrogens is 298 g/mol. The Morgan fingerprint density at radius 1 is 1.40 bits per heavy atom. The van der Waals surface area contributed by atoms with E-state index in [9.17, 15) is 4.79 Å². The molecule has 102 valence electrons. The van der Waals surface area contributed by atoms with Crippen LogP contribution in [0.5, 0.6) is 0 Å². The maximum absolute atomic E-state index is 12.3. The molecule has 2 heterocycles. The number of aromatic amines is 1.